The highest BCUT2D eigenvalue weighted by molar-refractivity contribution is 7.47. The molecule has 8 nitrogen and oxygen atoms in total. The summed E-state index contributed by atoms with van der Waals surface area (Å²) in [4.78, 5) is 23.1. The Morgan fingerprint density at radius 1 is 0.607 bits per heavy atom. The third-order valence-corrected chi connectivity index (χ3v) is 10.7. The van der Waals surface area contributed by atoms with Gasteiger partial charge in [0, 0.05) is 6.42 Å². The van der Waals surface area contributed by atoms with Crippen LogP contribution in [-0.2, 0) is 18.4 Å². The van der Waals surface area contributed by atoms with Gasteiger partial charge in [-0.2, -0.15) is 0 Å². The number of hydrogen-bond acceptors (Lipinski definition) is 5. The lowest BCUT2D eigenvalue weighted by atomic mass is 10.1. The number of unbranched alkanes of at least 4 members (excludes halogenated alkanes) is 19. The molecule has 0 rings (SSSR count). The van der Waals surface area contributed by atoms with Crippen LogP contribution in [0.2, 0.25) is 0 Å². The van der Waals surface area contributed by atoms with Gasteiger partial charge in [-0.15, -0.1) is 0 Å². The van der Waals surface area contributed by atoms with Crippen molar-refractivity contribution in [2.45, 2.75) is 193 Å². The van der Waals surface area contributed by atoms with Gasteiger partial charge in [-0.05, 0) is 77.0 Å². The number of aliphatic hydroxyl groups is 1. The number of phosphoric ester groups is 1. The molecule has 0 aromatic rings. The first-order valence-electron chi connectivity index (χ1n) is 22.7. The number of aliphatic hydroxyl groups excluding tert-OH is 1. The van der Waals surface area contributed by atoms with E-state index in [2.05, 4.69) is 67.8 Å². The van der Waals surface area contributed by atoms with Gasteiger partial charge >= 0.3 is 7.82 Å². The lowest BCUT2D eigenvalue weighted by Crippen LogP contribution is -2.45. The van der Waals surface area contributed by atoms with Crippen LogP contribution in [0.15, 0.2) is 60.8 Å². The van der Waals surface area contributed by atoms with Gasteiger partial charge in [0.15, 0.2) is 0 Å². The molecule has 0 aliphatic carbocycles. The van der Waals surface area contributed by atoms with Crippen LogP contribution in [0.25, 0.3) is 0 Å². The van der Waals surface area contributed by atoms with E-state index in [9.17, 15) is 19.4 Å². The standard InChI is InChI=1S/C47H87N2O6P/c1-6-8-10-12-14-16-18-20-22-24-25-27-29-31-33-35-37-39-41-47(51)48-45(44-55-56(52,53)54-43-42-49(3,4)5)46(50)40-38-36-34-32-30-28-26-23-21-19-17-15-13-11-9-7-2/h16,18,21-24,30,32,38,40,45-46,50H,6-15,17,19-20,25-29,31,33-37,39,41-44H2,1-5H3,(H-,48,51,52,53)/p+1/b18-16-,23-21+,24-22-,32-30+,40-38+. The molecule has 0 bridgehead atoms. The second-order valence-corrected chi connectivity index (χ2v) is 17.9. The fourth-order valence-corrected chi connectivity index (χ4v) is 6.78. The summed E-state index contributed by atoms with van der Waals surface area (Å²) in [6.07, 6.45) is 50.0. The van der Waals surface area contributed by atoms with E-state index in [0.29, 0.717) is 17.4 Å². The van der Waals surface area contributed by atoms with E-state index in [1.54, 1.807) is 6.08 Å². The number of amides is 1. The van der Waals surface area contributed by atoms with Gasteiger partial charge in [0.1, 0.15) is 13.2 Å². The first-order chi connectivity index (χ1) is 27.0. The average Bonchev–Trinajstić information content (AvgIpc) is 3.15. The molecule has 9 heteroatoms. The Morgan fingerprint density at radius 3 is 1.55 bits per heavy atom. The topological polar surface area (TPSA) is 105 Å². The van der Waals surface area contributed by atoms with Crippen molar-refractivity contribution in [1.82, 2.24) is 5.32 Å². The van der Waals surface area contributed by atoms with E-state index in [-0.39, 0.29) is 19.1 Å². The van der Waals surface area contributed by atoms with Gasteiger partial charge in [0.25, 0.3) is 0 Å². The molecule has 0 aliphatic rings. The van der Waals surface area contributed by atoms with Gasteiger partial charge in [0.2, 0.25) is 5.91 Å². The molecule has 326 valence electrons. The number of nitrogens with one attached hydrogen (secondary N) is 1. The number of likely N-dealkylation sites (N-methyl/N-ethyl adjacent to an activating group) is 1. The van der Waals surface area contributed by atoms with Crippen LogP contribution >= 0.6 is 7.82 Å². The quantitative estimate of drug-likeness (QED) is 0.0246. The first kappa shape index (κ1) is 54.2. The van der Waals surface area contributed by atoms with Gasteiger partial charge in [0.05, 0.1) is 39.9 Å². The fourth-order valence-electron chi connectivity index (χ4n) is 6.04. The van der Waals surface area contributed by atoms with Crippen molar-refractivity contribution in [3.05, 3.63) is 60.8 Å². The molecule has 3 N–H and O–H groups in total. The number of carbonyl (C=O) groups excluding carboxylic acids is 1. The highest BCUT2D eigenvalue weighted by Crippen LogP contribution is 2.43. The van der Waals surface area contributed by atoms with Crippen LogP contribution < -0.4 is 5.32 Å². The Labute approximate surface area is 345 Å². The van der Waals surface area contributed by atoms with E-state index < -0.39 is 20.0 Å². The molecule has 1 amide bonds. The van der Waals surface area contributed by atoms with E-state index in [1.165, 1.54) is 96.3 Å². The predicted molar refractivity (Wildman–Crippen MR) is 240 cm³/mol. The molecule has 0 aromatic carbocycles. The molecule has 56 heavy (non-hydrogen) atoms. The summed E-state index contributed by atoms with van der Waals surface area (Å²) in [5.74, 6) is -0.202. The van der Waals surface area contributed by atoms with Crippen molar-refractivity contribution < 1.29 is 32.9 Å². The number of hydrogen-bond donors (Lipinski definition) is 3. The van der Waals surface area contributed by atoms with Crippen LogP contribution in [0.3, 0.4) is 0 Å². The van der Waals surface area contributed by atoms with Crippen molar-refractivity contribution in [1.29, 1.82) is 0 Å². The highest BCUT2D eigenvalue weighted by Gasteiger charge is 2.27. The summed E-state index contributed by atoms with van der Waals surface area (Å²) in [6.45, 7) is 4.74. The second kappa shape index (κ2) is 38.7. The minimum absolute atomic E-state index is 0.0496. The Balaban J connectivity index is 4.51. The summed E-state index contributed by atoms with van der Waals surface area (Å²) in [5, 5.41) is 13.8. The summed E-state index contributed by atoms with van der Waals surface area (Å²) < 4.78 is 23.5. The molecule has 0 heterocycles. The van der Waals surface area contributed by atoms with Gasteiger partial charge < -0.3 is 19.8 Å². The molecule has 0 radical (unpaired) electrons. The van der Waals surface area contributed by atoms with E-state index in [0.717, 1.165) is 64.2 Å². The number of rotatable bonds is 40. The second-order valence-electron chi connectivity index (χ2n) is 16.4. The van der Waals surface area contributed by atoms with E-state index >= 15 is 0 Å². The summed E-state index contributed by atoms with van der Waals surface area (Å²) in [6, 6.07) is -0.875. The van der Waals surface area contributed by atoms with Gasteiger partial charge in [-0.1, -0.05) is 158 Å². The molecule has 0 saturated heterocycles. The molecular formula is C47H88N2O6P+. The number of phosphoric acid groups is 1. The molecule has 0 spiro atoms. The Bertz CT molecular complexity index is 1100. The normalized spacial score (nSPS) is 14.9. The minimum Gasteiger partial charge on any atom is -0.387 e. The van der Waals surface area contributed by atoms with Gasteiger partial charge in [-0.3, -0.25) is 13.8 Å². The van der Waals surface area contributed by atoms with Crippen LogP contribution in [0.4, 0.5) is 0 Å². The number of allylic oxidation sites excluding steroid dienone is 9. The molecule has 3 atom stereocenters. The predicted octanol–water partition coefficient (Wildman–Crippen LogP) is 12.6. The zero-order valence-electron chi connectivity index (χ0n) is 36.9. The minimum atomic E-state index is -4.35. The Hall–Kier alpha value is -1.80. The third kappa shape index (κ3) is 40.4. The summed E-state index contributed by atoms with van der Waals surface area (Å²) >= 11 is 0. The van der Waals surface area contributed by atoms with Crippen LogP contribution in [0.5, 0.6) is 0 Å². The van der Waals surface area contributed by atoms with E-state index in [4.69, 9.17) is 9.05 Å². The molecular weight excluding hydrogens is 719 g/mol. The van der Waals surface area contributed by atoms with Crippen molar-refractivity contribution in [2.75, 3.05) is 40.9 Å². The van der Waals surface area contributed by atoms with Crippen LogP contribution in [-0.4, -0.2) is 73.4 Å². The Morgan fingerprint density at radius 2 is 1.04 bits per heavy atom. The zero-order chi connectivity index (χ0) is 41.4. The van der Waals surface area contributed by atoms with Crippen LogP contribution in [0.1, 0.15) is 181 Å². The molecule has 0 saturated carbocycles. The zero-order valence-corrected chi connectivity index (χ0v) is 37.8. The molecule has 0 aromatic heterocycles. The summed E-state index contributed by atoms with van der Waals surface area (Å²) in [7, 11) is 1.53. The lowest BCUT2D eigenvalue weighted by molar-refractivity contribution is -0.870. The smallest absolute Gasteiger partial charge is 0.387 e. The van der Waals surface area contributed by atoms with Gasteiger partial charge in [-0.25, -0.2) is 4.57 Å². The summed E-state index contributed by atoms with van der Waals surface area (Å²) in [5.41, 5.74) is 0. The first-order valence-corrected chi connectivity index (χ1v) is 24.2. The maximum absolute atomic E-state index is 12.9. The van der Waals surface area contributed by atoms with Crippen LogP contribution in [0, 0.1) is 0 Å². The largest absolute Gasteiger partial charge is 0.472 e. The lowest BCUT2D eigenvalue weighted by Gasteiger charge is -2.25. The maximum Gasteiger partial charge on any atom is 0.472 e. The fraction of sp³-hybridized carbons (Fsp3) is 0.766. The van der Waals surface area contributed by atoms with Crippen molar-refractivity contribution in [3.8, 4) is 0 Å². The third-order valence-electron chi connectivity index (χ3n) is 9.69. The van der Waals surface area contributed by atoms with Crippen molar-refractivity contribution in [3.63, 3.8) is 0 Å². The SMILES string of the molecule is CCCCCC/C=C\C/C=C\CCCCCCCCCC(=O)NC(COP(=O)(O)OCC[N+](C)(C)C)C(O)/C=C/CC/C=C/CC/C=C/CCCCCCCC. The van der Waals surface area contributed by atoms with Crippen molar-refractivity contribution in [2.24, 2.45) is 0 Å². The Kier molecular flexibility index (Phi) is 37.5. The monoisotopic (exact) mass is 808 g/mol. The number of nitrogens with zero attached hydrogens (tertiary/aromatic N) is 1. The average molecular weight is 808 g/mol. The molecule has 3 unspecified atom stereocenters. The number of carbonyl (C=O) groups is 1. The molecule has 0 fully saturated rings. The molecule has 0 aliphatic heterocycles. The highest BCUT2D eigenvalue weighted by atomic mass is 31.2. The van der Waals surface area contributed by atoms with Crippen molar-refractivity contribution >= 4 is 13.7 Å². The van der Waals surface area contributed by atoms with E-state index in [1.807, 2.05) is 27.2 Å². The number of quaternary nitrogens is 1. The maximum atomic E-state index is 12.9.